The highest BCUT2D eigenvalue weighted by Crippen LogP contribution is 2.43. The lowest BCUT2D eigenvalue weighted by Gasteiger charge is -2.05. The number of benzene rings is 2. The van der Waals surface area contributed by atoms with E-state index < -0.39 is 17.2 Å². The van der Waals surface area contributed by atoms with Crippen molar-refractivity contribution in [3.05, 3.63) is 30.3 Å². The normalized spacial score (nSPS) is 10.8. The molecule has 0 amide bonds. The van der Waals surface area contributed by atoms with Crippen LogP contribution < -0.4 is 4.74 Å². The van der Waals surface area contributed by atoms with Gasteiger partial charge in [0.2, 0.25) is 5.75 Å². The van der Waals surface area contributed by atoms with Gasteiger partial charge in [-0.15, -0.1) is 0 Å². The van der Waals surface area contributed by atoms with Gasteiger partial charge in [0, 0.05) is 24.3 Å². The standard InChI is InChI=1S/C16H12O7/c1-22-14-6-9-10(18)4-8(17)5-13(9)23-16(14)7-2-11(19)15(21)12(20)3-7/h2-6H,1H3,(H4-,17,18,19,20,21)/p+1. The van der Waals surface area contributed by atoms with Crippen molar-refractivity contribution >= 4 is 11.0 Å². The van der Waals surface area contributed by atoms with Gasteiger partial charge >= 0.3 is 11.3 Å². The number of phenols is 5. The average Bonchev–Trinajstić information content (AvgIpc) is 2.50. The fourth-order valence-corrected chi connectivity index (χ4v) is 2.27. The fraction of sp³-hybridized carbons (Fsp3) is 0.0625. The van der Waals surface area contributed by atoms with Crippen molar-refractivity contribution in [3.8, 4) is 45.8 Å². The largest absolute Gasteiger partial charge is 0.507 e. The second-order valence-electron chi connectivity index (χ2n) is 4.88. The summed E-state index contributed by atoms with van der Waals surface area (Å²) in [5.74, 6) is -1.73. The van der Waals surface area contributed by atoms with E-state index in [4.69, 9.17) is 9.15 Å². The first kappa shape index (κ1) is 14.6. The number of rotatable bonds is 2. The molecular formula is C16H13O7+. The summed E-state index contributed by atoms with van der Waals surface area (Å²) in [7, 11) is 1.39. The summed E-state index contributed by atoms with van der Waals surface area (Å²) in [4.78, 5) is 0. The predicted molar refractivity (Wildman–Crippen MR) is 80.9 cm³/mol. The quantitative estimate of drug-likeness (QED) is 0.364. The molecule has 118 valence electrons. The predicted octanol–water partition coefficient (Wildman–Crippen LogP) is 2.92. The van der Waals surface area contributed by atoms with E-state index in [0.717, 1.165) is 6.07 Å². The van der Waals surface area contributed by atoms with Gasteiger partial charge in [0.05, 0.1) is 18.7 Å². The molecule has 1 heterocycles. The number of hydrogen-bond acceptors (Lipinski definition) is 6. The molecule has 0 fully saturated rings. The molecule has 1 aromatic heterocycles. The Morgan fingerprint density at radius 2 is 1.48 bits per heavy atom. The molecule has 23 heavy (non-hydrogen) atoms. The van der Waals surface area contributed by atoms with Gasteiger partial charge in [-0.25, -0.2) is 4.42 Å². The molecule has 7 heteroatoms. The highest BCUT2D eigenvalue weighted by Gasteiger charge is 2.26. The lowest BCUT2D eigenvalue weighted by Crippen LogP contribution is -1.89. The van der Waals surface area contributed by atoms with Crippen molar-refractivity contribution < 1.29 is 34.7 Å². The molecule has 0 aliphatic rings. The van der Waals surface area contributed by atoms with Crippen LogP contribution >= 0.6 is 0 Å². The van der Waals surface area contributed by atoms with Crippen LogP contribution in [0.4, 0.5) is 0 Å². The maximum Gasteiger partial charge on any atom is 0.402 e. The van der Waals surface area contributed by atoms with Gasteiger partial charge in [0.15, 0.2) is 17.2 Å². The van der Waals surface area contributed by atoms with Crippen LogP contribution in [0.1, 0.15) is 0 Å². The van der Waals surface area contributed by atoms with Crippen LogP contribution in [0.3, 0.4) is 0 Å². The van der Waals surface area contributed by atoms with E-state index in [1.54, 1.807) is 0 Å². The number of hydrogen-bond donors (Lipinski definition) is 5. The maximum atomic E-state index is 9.87. The smallest absolute Gasteiger partial charge is 0.402 e. The molecule has 0 aliphatic heterocycles. The van der Waals surface area contributed by atoms with Crippen molar-refractivity contribution in [2.24, 2.45) is 0 Å². The second-order valence-corrected chi connectivity index (χ2v) is 4.88. The molecule has 5 N–H and O–H groups in total. The van der Waals surface area contributed by atoms with Crippen LogP contribution in [-0.2, 0) is 0 Å². The molecule has 2 aromatic carbocycles. The third-order valence-corrected chi connectivity index (χ3v) is 3.37. The van der Waals surface area contributed by atoms with E-state index in [9.17, 15) is 25.5 Å². The number of phenolic OH excluding ortho intramolecular Hbond substituents is 5. The summed E-state index contributed by atoms with van der Waals surface area (Å²) >= 11 is 0. The third-order valence-electron chi connectivity index (χ3n) is 3.37. The summed E-state index contributed by atoms with van der Waals surface area (Å²) < 4.78 is 10.8. The van der Waals surface area contributed by atoms with E-state index >= 15 is 0 Å². The highest BCUT2D eigenvalue weighted by molar-refractivity contribution is 5.88. The second kappa shape index (κ2) is 5.13. The highest BCUT2D eigenvalue weighted by atomic mass is 16.5. The Hall–Kier alpha value is -3.35. The molecule has 0 atom stereocenters. The molecule has 0 aliphatic carbocycles. The Bertz CT molecular complexity index is 895. The van der Waals surface area contributed by atoms with Crippen molar-refractivity contribution in [2.75, 3.05) is 7.11 Å². The minimum absolute atomic E-state index is 0.135. The molecule has 0 saturated carbocycles. The van der Waals surface area contributed by atoms with Gasteiger partial charge in [-0.05, 0) is 0 Å². The molecule has 3 aromatic rings. The number of methoxy groups -OCH3 is 1. The minimum atomic E-state index is -0.649. The summed E-state index contributed by atoms with van der Waals surface area (Å²) in [5.41, 5.74) is 0.407. The first-order valence-electron chi connectivity index (χ1n) is 6.53. The van der Waals surface area contributed by atoms with E-state index in [0.29, 0.717) is 5.39 Å². The van der Waals surface area contributed by atoms with Crippen LogP contribution in [0.15, 0.2) is 34.7 Å². The molecule has 0 saturated heterocycles. The summed E-state index contributed by atoms with van der Waals surface area (Å²) in [5, 5.41) is 48.4. The van der Waals surface area contributed by atoms with Crippen LogP contribution in [0.2, 0.25) is 0 Å². The van der Waals surface area contributed by atoms with Gasteiger partial charge in [0.25, 0.3) is 0 Å². The van der Waals surface area contributed by atoms with Crippen LogP contribution in [0.25, 0.3) is 22.3 Å². The van der Waals surface area contributed by atoms with Gasteiger partial charge in [-0.1, -0.05) is 0 Å². The van der Waals surface area contributed by atoms with Crippen molar-refractivity contribution in [2.45, 2.75) is 0 Å². The first-order valence-corrected chi connectivity index (χ1v) is 6.53. The summed E-state index contributed by atoms with van der Waals surface area (Å²) in [6.45, 7) is 0. The third kappa shape index (κ3) is 2.38. The van der Waals surface area contributed by atoms with E-state index in [1.165, 1.54) is 31.4 Å². The maximum absolute atomic E-state index is 9.87. The molecule has 0 bridgehead atoms. The van der Waals surface area contributed by atoms with Gasteiger partial charge in [0.1, 0.15) is 16.9 Å². The summed E-state index contributed by atoms with van der Waals surface area (Å²) in [6.07, 6.45) is 0. The van der Waals surface area contributed by atoms with E-state index in [2.05, 4.69) is 0 Å². The molecular weight excluding hydrogens is 304 g/mol. The average molecular weight is 317 g/mol. The first-order chi connectivity index (χ1) is 10.9. The Balaban J connectivity index is 2.32. The fourth-order valence-electron chi connectivity index (χ4n) is 2.27. The number of aromatic hydroxyl groups is 5. The Kier molecular flexibility index (Phi) is 3.25. The molecule has 0 spiro atoms. The summed E-state index contributed by atoms with van der Waals surface area (Å²) in [6, 6.07) is 6.33. The lowest BCUT2D eigenvalue weighted by atomic mass is 10.1. The molecule has 0 unspecified atom stereocenters. The van der Waals surface area contributed by atoms with Crippen molar-refractivity contribution in [1.82, 2.24) is 0 Å². The molecule has 7 nitrogen and oxygen atoms in total. The van der Waals surface area contributed by atoms with Crippen molar-refractivity contribution in [3.63, 3.8) is 0 Å². The zero-order valence-corrected chi connectivity index (χ0v) is 11.9. The van der Waals surface area contributed by atoms with Crippen LogP contribution in [0, 0.1) is 0 Å². The molecule has 0 radical (unpaired) electrons. The Labute approximate surface area is 129 Å². The van der Waals surface area contributed by atoms with Crippen LogP contribution in [-0.4, -0.2) is 32.6 Å². The monoisotopic (exact) mass is 317 g/mol. The van der Waals surface area contributed by atoms with Gasteiger partial charge in [-0.3, -0.25) is 0 Å². The zero-order chi connectivity index (χ0) is 16.7. The lowest BCUT2D eigenvalue weighted by molar-refractivity contribution is 0.367. The minimum Gasteiger partial charge on any atom is -0.507 e. The van der Waals surface area contributed by atoms with Gasteiger partial charge in [-0.2, -0.15) is 0 Å². The SMILES string of the molecule is COc1cc2c(O)cc(O)cc2[o+]c1-c1cc(O)c(O)c(O)c1. The Morgan fingerprint density at radius 3 is 2.09 bits per heavy atom. The molecule has 3 rings (SSSR count). The van der Waals surface area contributed by atoms with E-state index in [-0.39, 0.29) is 34.2 Å². The van der Waals surface area contributed by atoms with Crippen molar-refractivity contribution in [1.29, 1.82) is 0 Å². The van der Waals surface area contributed by atoms with E-state index in [1.807, 2.05) is 0 Å². The number of fused-ring (bicyclic) bond motifs is 1. The zero-order valence-electron chi connectivity index (χ0n) is 11.9. The van der Waals surface area contributed by atoms with Crippen LogP contribution in [0.5, 0.6) is 34.5 Å². The Morgan fingerprint density at radius 1 is 0.826 bits per heavy atom. The number of ether oxygens (including phenoxy) is 1. The topological polar surface area (TPSA) is 122 Å². The van der Waals surface area contributed by atoms with Gasteiger partial charge < -0.3 is 30.3 Å².